The van der Waals surface area contributed by atoms with Crippen LogP contribution in [0.1, 0.15) is 10.4 Å². The van der Waals surface area contributed by atoms with Crippen LogP contribution in [0.15, 0.2) is 48.7 Å². The fraction of sp³-hybridized carbons (Fsp3) is 0.0625. The fourth-order valence-electron chi connectivity index (χ4n) is 2.29. The highest BCUT2D eigenvalue weighted by Crippen LogP contribution is 2.27. The van der Waals surface area contributed by atoms with Gasteiger partial charge in [0.25, 0.3) is 0 Å². The second-order valence-corrected chi connectivity index (χ2v) is 6.23. The first-order valence-electron chi connectivity index (χ1n) is 7.35. The van der Waals surface area contributed by atoms with Crippen molar-refractivity contribution in [3.8, 4) is 28.4 Å². The van der Waals surface area contributed by atoms with E-state index < -0.39 is 22.2 Å². The van der Waals surface area contributed by atoms with E-state index in [-0.39, 0.29) is 16.8 Å². The van der Waals surface area contributed by atoms with E-state index in [1.54, 1.807) is 24.3 Å². The van der Waals surface area contributed by atoms with E-state index in [4.69, 9.17) is 9.84 Å². The van der Waals surface area contributed by atoms with Gasteiger partial charge in [-0.15, -0.1) is 5.10 Å². The maximum atomic E-state index is 12.8. The van der Waals surface area contributed by atoms with Crippen LogP contribution in [0, 0.1) is 0 Å². The largest absolute Gasteiger partial charge is 0.497 e. The molecule has 0 aliphatic carbocycles. The molecule has 3 rings (SSSR count). The van der Waals surface area contributed by atoms with Crippen LogP contribution in [0.3, 0.4) is 0 Å². The highest BCUT2D eigenvalue weighted by molar-refractivity contribution is 7.81. The zero-order valence-corrected chi connectivity index (χ0v) is 14.6. The van der Waals surface area contributed by atoms with Crippen molar-refractivity contribution < 1.29 is 31.1 Å². The Bertz CT molecular complexity index is 1100. The highest BCUT2D eigenvalue weighted by Gasteiger charge is 2.16. The molecule has 0 bridgehead atoms. The average molecular weight is 393 g/mol. The third-order valence-corrected chi connectivity index (χ3v) is 3.87. The number of benzene rings is 2. The van der Waals surface area contributed by atoms with E-state index >= 15 is 0 Å². The van der Waals surface area contributed by atoms with Crippen LogP contribution in [0.25, 0.3) is 16.9 Å². The van der Waals surface area contributed by atoms with E-state index in [0.29, 0.717) is 11.4 Å². The van der Waals surface area contributed by atoms with Crippen molar-refractivity contribution in [3.63, 3.8) is 0 Å². The molecule has 0 spiro atoms. The van der Waals surface area contributed by atoms with E-state index in [9.17, 15) is 17.1 Å². The Kier molecular flexibility index (Phi) is 4.77. The Hall–Kier alpha value is -3.47. The third kappa shape index (κ3) is 4.39. The van der Waals surface area contributed by atoms with Crippen LogP contribution in [0.2, 0.25) is 0 Å². The molecule has 1 aromatic heterocycles. The predicted molar refractivity (Wildman–Crippen MR) is 91.0 cm³/mol. The van der Waals surface area contributed by atoms with Crippen LogP contribution >= 0.6 is 0 Å². The maximum Gasteiger partial charge on any atom is 0.488 e. The summed E-state index contributed by atoms with van der Waals surface area (Å²) in [5.41, 5.74) is 0.778. The van der Waals surface area contributed by atoms with Gasteiger partial charge in [0.2, 0.25) is 0 Å². The number of carboxylic acid groups (broad SMARTS) is 1. The molecule has 3 aromatic rings. The number of aromatic nitrogens is 3. The third-order valence-electron chi connectivity index (χ3n) is 3.48. The average Bonchev–Trinajstić information content (AvgIpc) is 3.10. The zero-order chi connectivity index (χ0) is 19.6. The summed E-state index contributed by atoms with van der Waals surface area (Å²) >= 11 is 0. The SMILES string of the molecule is COc1ccc(-n2cc(-c3cc(OS(=O)(=O)F)cc(C(=O)O)c3)nn2)cc1. The fourth-order valence-corrected chi connectivity index (χ4v) is 2.62. The van der Waals surface area contributed by atoms with Crippen LogP contribution < -0.4 is 8.92 Å². The monoisotopic (exact) mass is 393 g/mol. The molecule has 9 nitrogen and oxygen atoms in total. The van der Waals surface area contributed by atoms with E-state index in [0.717, 1.165) is 12.1 Å². The second kappa shape index (κ2) is 7.03. The van der Waals surface area contributed by atoms with E-state index in [2.05, 4.69) is 14.5 Å². The standard InChI is InChI=1S/C16H12FN3O6S/c1-25-13-4-2-12(3-5-13)20-9-15(18-19-20)10-6-11(16(21)22)8-14(7-10)26-27(17,23)24/h2-9H,1H3,(H,21,22). The molecule has 140 valence electrons. The zero-order valence-electron chi connectivity index (χ0n) is 13.7. The summed E-state index contributed by atoms with van der Waals surface area (Å²) in [4.78, 5) is 11.2. The van der Waals surface area contributed by atoms with Crippen LogP contribution in [-0.2, 0) is 10.5 Å². The number of methoxy groups -OCH3 is 1. The van der Waals surface area contributed by atoms with Crippen molar-refractivity contribution in [2.75, 3.05) is 7.11 Å². The molecule has 0 fully saturated rings. The molecule has 1 heterocycles. The first kappa shape index (κ1) is 18.3. The van der Waals surface area contributed by atoms with Gasteiger partial charge < -0.3 is 14.0 Å². The molecule has 1 N–H and O–H groups in total. The smallest absolute Gasteiger partial charge is 0.488 e. The summed E-state index contributed by atoms with van der Waals surface area (Å²) in [5.74, 6) is -1.19. The van der Waals surface area contributed by atoms with Crippen LogP contribution in [0.4, 0.5) is 3.89 Å². The molecular formula is C16H12FN3O6S. The van der Waals surface area contributed by atoms with Crippen LogP contribution in [0.5, 0.6) is 11.5 Å². The maximum absolute atomic E-state index is 12.8. The molecule has 0 aliphatic rings. The predicted octanol–water partition coefficient (Wildman–Crippen LogP) is 2.23. The summed E-state index contributed by atoms with van der Waals surface area (Å²) in [7, 11) is -3.77. The first-order valence-corrected chi connectivity index (χ1v) is 8.65. The van der Waals surface area contributed by atoms with Gasteiger partial charge in [-0.3, -0.25) is 0 Å². The number of hydrogen-bond acceptors (Lipinski definition) is 7. The molecule has 0 radical (unpaired) electrons. The van der Waals surface area contributed by atoms with Gasteiger partial charge in [0, 0.05) is 5.56 Å². The Morgan fingerprint density at radius 3 is 2.44 bits per heavy atom. The van der Waals surface area contributed by atoms with Crippen molar-refractivity contribution in [1.82, 2.24) is 15.0 Å². The van der Waals surface area contributed by atoms with Gasteiger partial charge in [-0.1, -0.05) is 9.10 Å². The second-order valence-electron chi connectivity index (χ2n) is 5.27. The summed E-state index contributed by atoms with van der Waals surface area (Å²) in [6.45, 7) is 0. The molecule has 0 saturated carbocycles. The molecule has 27 heavy (non-hydrogen) atoms. The number of nitrogens with zero attached hydrogens (tertiary/aromatic N) is 3. The van der Waals surface area contributed by atoms with E-state index in [1.807, 2.05) is 0 Å². The lowest BCUT2D eigenvalue weighted by molar-refractivity contribution is 0.0696. The quantitative estimate of drug-likeness (QED) is 0.633. The van der Waals surface area contributed by atoms with Gasteiger partial charge in [-0.2, -0.15) is 8.42 Å². The van der Waals surface area contributed by atoms with Gasteiger partial charge in [0.1, 0.15) is 17.2 Å². The number of ether oxygens (including phenoxy) is 1. The minimum absolute atomic E-state index is 0.188. The van der Waals surface area contributed by atoms with Crippen molar-refractivity contribution in [3.05, 3.63) is 54.2 Å². The molecule has 2 aromatic carbocycles. The summed E-state index contributed by atoms with van der Waals surface area (Å²) in [6, 6.07) is 10.2. The van der Waals surface area contributed by atoms with Crippen LogP contribution in [-0.4, -0.2) is 41.6 Å². The first-order chi connectivity index (χ1) is 12.7. The minimum Gasteiger partial charge on any atom is -0.497 e. The lowest BCUT2D eigenvalue weighted by atomic mass is 10.1. The van der Waals surface area contributed by atoms with E-state index in [1.165, 1.54) is 24.1 Å². The van der Waals surface area contributed by atoms with Crippen molar-refractivity contribution in [2.45, 2.75) is 0 Å². The molecule has 0 unspecified atom stereocenters. The summed E-state index contributed by atoms with van der Waals surface area (Å²) < 4.78 is 44.8. The van der Waals surface area contributed by atoms with Gasteiger partial charge >= 0.3 is 16.5 Å². The lowest BCUT2D eigenvalue weighted by Gasteiger charge is -2.05. The molecular weight excluding hydrogens is 381 g/mol. The van der Waals surface area contributed by atoms with Gasteiger partial charge in [-0.25, -0.2) is 9.48 Å². The topological polar surface area (TPSA) is 121 Å². The Balaban J connectivity index is 2.00. The number of hydrogen-bond donors (Lipinski definition) is 1. The Morgan fingerprint density at radius 2 is 1.85 bits per heavy atom. The number of aromatic carboxylic acids is 1. The minimum atomic E-state index is -5.31. The summed E-state index contributed by atoms with van der Waals surface area (Å²) in [5, 5.41) is 17.0. The normalized spacial score (nSPS) is 11.2. The Morgan fingerprint density at radius 1 is 1.15 bits per heavy atom. The molecule has 0 aliphatic heterocycles. The number of carbonyl (C=O) groups is 1. The van der Waals surface area contributed by atoms with Gasteiger partial charge in [-0.05, 0) is 42.5 Å². The number of halogens is 1. The number of carboxylic acids is 1. The lowest BCUT2D eigenvalue weighted by Crippen LogP contribution is -2.04. The number of rotatable bonds is 6. The van der Waals surface area contributed by atoms with Crippen molar-refractivity contribution >= 4 is 16.5 Å². The van der Waals surface area contributed by atoms with Gasteiger partial charge in [0.15, 0.2) is 0 Å². The molecule has 0 atom stereocenters. The molecule has 11 heteroatoms. The molecule has 0 saturated heterocycles. The summed E-state index contributed by atoms with van der Waals surface area (Å²) in [6.07, 6.45) is 1.50. The highest BCUT2D eigenvalue weighted by atomic mass is 32.3. The molecule has 0 amide bonds. The van der Waals surface area contributed by atoms with Crippen molar-refractivity contribution in [1.29, 1.82) is 0 Å². The van der Waals surface area contributed by atoms with Gasteiger partial charge in [0.05, 0.1) is 24.6 Å². The Labute approximate surface area is 153 Å². The van der Waals surface area contributed by atoms with Crippen molar-refractivity contribution in [2.24, 2.45) is 0 Å².